The average molecular weight is 219 g/mol. The molecule has 0 aliphatic rings. The first-order valence-corrected chi connectivity index (χ1v) is 5.45. The first kappa shape index (κ1) is 11.0. The molecule has 0 aromatic carbocycles. The minimum absolute atomic E-state index is 0.212. The maximum atomic E-state index is 5.34. The zero-order valence-electron chi connectivity index (χ0n) is 9.87. The molecule has 0 saturated heterocycles. The van der Waals surface area contributed by atoms with Crippen molar-refractivity contribution < 1.29 is 4.42 Å². The summed E-state index contributed by atoms with van der Waals surface area (Å²) in [5, 5.41) is 10.6. The highest BCUT2D eigenvalue weighted by Crippen LogP contribution is 2.15. The second kappa shape index (κ2) is 4.53. The second-order valence-corrected chi connectivity index (χ2v) is 4.03. The highest BCUT2D eigenvalue weighted by atomic mass is 16.3. The number of rotatable bonds is 4. The molecule has 0 bridgehead atoms. The summed E-state index contributed by atoms with van der Waals surface area (Å²) in [6, 6.07) is 4.10. The maximum absolute atomic E-state index is 5.34. The summed E-state index contributed by atoms with van der Waals surface area (Å²) < 4.78 is 5.34. The fourth-order valence-corrected chi connectivity index (χ4v) is 1.73. The number of furan rings is 1. The smallest absolute Gasteiger partial charge is 0.120 e. The van der Waals surface area contributed by atoms with Crippen LogP contribution in [0.5, 0.6) is 0 Å². The van der Waals surface area contributed by atoms with E-state index in [4.69, 9.17) is 4.42 Å². The number of H-pyrrole nitrogens is 1. The monoisotopic (exact) mass is 219 g/mol. The Kier molecular flexibility index (Phi) is 3.10. The molecule has 1 atom stereocenters. The van der Waals surface area contributed by atoms with E-state index < -0.39 is 0 Å². The fourth-order valence-electron chi connectivity index (χ4n) is 1.73. The minimum Gasteiger partial charge on any atom is -0.468 e. The lowest BCUT2D eigenvalue weighted by atomic mass is 10.2. The third kappa shape index (κ3) is 2.17. The van der Waals surface area contributed by atoms with Gasteiger partial charge in [0.25, 0.3) is 0 Å². The predicted octanol–water partition coefficient (Wildman–Crippen LogP) is 2.47. The lowest BCUT2D eigenvalue weighted by molar-refractivity contribution is 0.430. The zero-order chi connectivity index (χ0) is 11.5. The van der Waals surface area contributed by atoms with E-state index >= 15 is 0 Å². The molecule has 0 fully saturated rings. The van der Waals surface area contributed by atoms with Gasteiger partial charge in [-0.05, 0) is 32.9 Å². The van der Waals surface area contributed by atoms with Crippen molar-refractivity contribution in [3.05, 3.63) is 41.1 Å². The summed E-state index contributed by atoms with van der Waals surface area (Å²) in [4.78, 5) is 0. The number of nitrogens with zero attached hydrogens (tertiary/aromatic N) is 1. The SMILES string of the molecule is Cc1n[nH]c(C)c1CN[C@@H](C)c1ccco1. The van der Waals surface area contributed by atoms with E-state index in [0.29, 0.717) is 0 Å². The van der Waals surface area contributed by atoms with Gasteiger partial charge in [-0.1, -0.05) is 0 Å². The van der Waals surface area contributed by atoms with Crippen LogP contribution in [0.3, 0.4) is 0 Å². The second-order valence-electron chi connectivity index (χ2n) is 4.03. The maximum Gasteiger partial charge on any atom is 0.120 e. The zero-order valence-corrected chi connectivity index (χ0v) is 9.87. The third-order valence-electron chi connectivity index (χ3n) is 2.84. The molecule has 0 radical (unpaired) electrons. The third-order valence-corrected chi connectivity index (χ3v) is 2.84. The van der Waals surface area contributed by atoms with E-state index in [9.17, 15) is 0 Å². The van der Waals surface area contributed by atoms with Crippen molar-refractivity contribution in [2.24, 2.45) is 0 Å². The Morgan fingerprint density at radius 2 is 2.31 bits per heavy atom. The Morgan fingerprint density at radius 1 is 1.50 bits per heavy atom. The minimum atomic E-state index is 0.212. The van der Waals surface area contributed by atoms with Gasteiger partial charge in [-0.15, -0.1) is 0 Å². The molecule has 4 nitrogen and oxygen atoms in total. The number of aryl methyl sites for hydroxylation is 2. The highest BCUT2D eigenvalue weighted by molar-refractivity contribution is 5.23. The summed E-state index contributed by atoms with van der Waals surface area (Å²) in [7, 11) is 0. The molecule has 0 aliphatic heterocycles. The molecule has 2 N–H and O–H groups in total. The molecule has 0 spiro atoms. The Labute approximate surface area is 95.1 Å². The Bertz CT molecular complexity index is 425. The standard InChI is InChI=1S/C12H17N3O/c1-8-11(9(2)15-14-8)7-13-10(3)12-5-4-6-16-12/h4-6,10,13H,7H2,1-3H3,(H,14,15)/t10-/m0/s1. The number of aromatic nitrogens is 2. The van der Waals surface area contributed by atoms with Crippen LogP contribution in [0.1, 0.15) is 35.7 Å². The molecule has 0 saturated carbocycles. The summed E-state index contributed by atoms with van der Waals surface area (Å²) in [5.41, 5.74) is 3.41. The van der Waals surface area contributed by atoms with Gasteiger partial charge in [0.1, 0.15) is 5.76 Å². The normalized spacial score (nSPS) is 12.9. The van der Waals surface area contributed by atoms with Crippen molar-refractivity contribution in [3.8, 4) is 0 Å². The van der Waals surface area contributed by atoms with Gasteiger partial charge < -0.3 is 9.73 Å². The van der Waals surface area contributed by atoms with Crippen molar-refractivity contribution in [2.75, 3.05) is 0 Å². The summed E-state index contributed by atoms with van der Waals surface area (Å²) >= 11 is 0. The van der Waals surface area contributed by atoms with E-state index in [2.05, 4.69) is 22.4 Å². The van der Waals surface area contributed by atoms with Crippen molar-refractivity contribution in [1.82, 2.24) is 15.5 Å². The molecular formula is C12H17N3O. The summed E-state index contributed by atoms with van der Waals surface area (Å²) in [6.07, 6.45) is 1.70. The van der Waals surface area contributed by atoms with E-state index in [1.165, 1.54) is 5.56 Å². The van der Waals surface area contributed by atoms with Crippen LogP contribution < -0.4 is 5.32 Å². The van der Waals surface area contributed by atoms with Gasteiger partial charge in [0.05, 0.1) is 18.0 Å². The van der Waals surface area contributed by atoms with Crippen molar-refractivity contribution in [2.45, 2.75) is 33.4 Å². The molecule has 2 aromatic heterocycles. The molecular weight excluding hydrogens is 202 g/mol. The lowest BCUT2D eigenvalue weighted by Crippen LogP contribution is -2.18. The van der Waals surface area contributed by atoms with Crippen molar-refractivity contribution in [1.29, 1.82) is 0 Å². The van der Waals surface area contributed by atoms with Gasteiger partial charge in [-0.2, -0.15) is 5.10 Å². The van der Waals surface area contributed by atoms with Crippen molar-refractivity contribution >= 4 is 0 Å². The number of nitrogens with one attached hydrogen (secondary N) is 2. The van der Waals surface area contributed by atoms with Crippen LogP contribution in [0.4, 0.5) is 0 Å². The molecule has 0 aliphatic carbocycles. The van der Waals surface area contributed by atoms with Gasteiger partial charge in [0.2, 0.25) is 0 Å². The highest BCUT2D eigenvalue weighted by Gasteiger charge is 2.10. The van der Waals surface area contributed by atoms with Crippen LogP contribution in [0.25, 0.3) is 0 Å². The molecule has 2 rings (SSSR count). The molecule has 86 valence electrons. The largest absolute Gasteiger partial charge is 0.468 e. The van der Waals surface area contributed by atoms with Crippen LogP contribution >= 0.6 is 0 Å². The first-order valence-electron chi connectivity index (χ1n) is 5.45. The Morgan fingerprint density at radius 3 is 2.88 bits per heavy atom. The molecule has 0 unspecified atom stereocenters. The first-order chi connectivity index (χ1) is 7.68. The van der Waals surface area contributed by atoms with Gasteiger partial charge >= 0.3 is 0 Å². The topological polar surface area (TPSA) is 53.9 Å². The quantitative estimate of drug-likeness (QED) is 0.830. The van der Waals surface area contributed by atoms with Gasteiger partial charge in [0.15, 0.2) is 0 Å². The lowest BCUT2D eigenvalue weighted by Gasteiger charge is -2.11. The average Bonchev–Trinajstić information content (AvgIpc) is 2.87. The van der Waals surface area contributed by atoms with Gasteiger partial charge in [0, 0.05) is 17.8 Å². The summed E-state index contributed by atoms with van der Waals surface area (Å²) in [5.74, 6) is 0.957. The number of hydrogen-bond acceptors (Lipinski definition) is 3. The molecule has 4 heteroatoms. The van der Waals surface area contributed by atoms with Crippen LogP contribution in [0, 0.1) is 13.8 Å². The predicted molar refractivity (Wildman–Crippen MR) is 62.0 cm³/mol. The Hall–Kier alpha value is -1.55. The molecule has 2 aromatic rings. The summed E-state index contributed by atoms with van der Waals surface area (Å²) in [6.45, 7) is 6.94. The molecule has 16 heavy (non-hydrogen) atoms. The fraction of sp³-hybridized carbons (Fsp3) is 0.417. The van der Waals surface area contributed by atoms with Crippen molar-refractivity contribution in [3.63, 3.8) is 0 Å². The van der Waals surface area contributed by atoms with Crippen LogP contribution in [-0.4, -0.2) is 10.2 Å². The van der Waals surface area contributed by atoms with E-state index in [1.54, 1.807) is 6.26 Å². The molecule has 0 amide bonds. The van der Waals surface area contributed by atoms with E-state index in [0.717, 1.165) is 23.7 Å². The number of aromatic amines is 1. The Balaban J connectivity index is 1.98. The van der Waals surface area contributed by atoms with E-state index in [1.807, 2.05) is 26.0 Å². The number of hydrogen-bond donors (Lipinski definition) is 2. The van der Waals surface area contributed by atoms with Crippen LogP contribution in [0.2, 0.25) is 0 Å². The van der Waals surface area contributed by atoms with Gasteiger partial charge in [-0.25, -0.2) is 0 Å². The van der Waals surface area contributed by atoms with Crippen LogP contribution in [-0.2, 0) is 6.54 Å². The van der Waals surface area contributed by atoms with Crippen LogP contribution in [0.15, 0.2) is 22.8 Å². The van der Waals surface area contributed by atoms with E-state index in [-0.39, 0.29) is 6.04 Å². The van der Waals surface area contributed by atoms with Gasteiger partial charge in [-0.3, -0.25) is 5.10 Å². The molecule has 2 heterocycles.